The molecule has 1 aliphatic carbocycles. The number of likely N-dealkylation sites (tertiary alicyclic amines) is 1. The fourth-order valence-electron chi connectivity index (χ4n) is 3.69. The summed E-state index contributed by atoms with van der Waals surface area (Å²) >= 11 is 0. The Labute approximate surface area is 141 Å². The second-order valence-electron chi connectivity index (χ2n) is 6.54. The molecule has 0 bridgehead atoms. The highest BCUT2D eigenvalue weighted by atomic mass is 32.2. The molecular formula is C15H22N4O4S. The van der Waals surface area contributed by atoms with Gasteiger partial charge in [-0.3, -0.25) is 15.0 Å². The van der Waals surface area contributed by atoms with E-state index in [2.05, 4.69) is 10.2 Å². The summed E-state index contributed by atoms with van der Waals surface area (Å²) in [7, 11) is -3.96. The lowest BCUT2D eigenvalue weighted by atomic mass is 10.2. The van der Waals surface area contributed by atoms with E-state index in [0.29, 0.717) is 11.7 Å². The number of nitro groups is 1. The van der Waals surface area contributed by atoms with Gasteiger partial charge >= 0.3 is 0 Å². The maximum Gasteiger partial charge on any atom is 0.293 e. The predicted octanol–water partition coefficient (Wildman–Crippen LogP) is 1.67. The molecule has 1 aromatic carbocycles. The summed E-state index contributed by atoms with van der Waals surface area (Å²) in [5.74, 6) is 0. The summed E-state index contributed by atoms with van der Waals surface area (Å²) in [6, 6.07) is 4.51. The van der Waals surface area contributed by atoms with Crippen LogP contribution in [0.2, 0.25) is 0 Å². The van der Waals surface area contributed by atoms with Gasteiger partial charge in [0.15, 0.2) is 0 Å². The second-order valence-corrected chi connectivity index (χ2v) is 8.11. The van der Waals surface area contributed by atoms with Crippen LogP contribution in [0.4, 0.5) is 11.4 Å². The highest BCUT2D eigenvalue weighted by molar-refractivity contribution is 7.89. The molecule has 1 saturated heterocycles. The van der Waals surface area contributed by atoms with E-state index in [1.54, 1.807) is 0 Å². The van der Waals surface area contributed by atoms with Crippen molar-refractivity contribution in [2.45, 2.75) is 49.1 Å². The van der Waals surface area contributed by atoms with E-state index in [1.807, 2.05) is 0 Å². The van der Waals surface area contributed by atoms with Crippen molar-refractivity contribution in [3.8, 4) is 0 Å². The van der Waals surface area contributed by atoms with Crippen molar-refractivity contribution < 1.29 is 13.3 Å². The minimum atomic E-state index is -3.96. The molecule has 1 aromatic rings. The number of nitrogens with zero attached hydrogens (tertiary/aromatic N) is 2. The van der Waals surface area contributed by atoms with Crippen LogP contribution in [0.5, 0.6) is 0 Å². The zero-order valence-corrected chi connectivity index (χ0v) is 14.2. The molecule has 132 valence electrons. The van der Waals surface area contributed by atoms with Gasteiger partial charge in [-0.1, -0.05) is 12.8 Å². The largest absolute Gasteiger partial charge is 0.375 e. The normalized spacial score (nSPS) is 22.8. The summed E-state index contributed by atoms with van der Waals surface area (Å²) in [5, 5.41) is 19.5. The SMILES string of the molecule is NS(=O)(=O)c1ccc(NC2CCN(C3CCCC3)C2)c([N+](=O)[O-])c1. The van der Waals surface area contributed by atoms with Gasteiger partial charge in [-0.2, -0.15) is 0 Å². The van der Waals surface area contributed by atoms with Crippen molar-refractivity contribution in [1.29, 1.82) is 0 Å². The Hall–Kier alpha value is -1.71. The lowest BCUT2D eigenvalue weighted by molar-refractivity contribution is -0.384. The highest BCUT2D eigenvalue weighted by Gasteiger charge is 2.31. The number of nitrogens with two attached hydrogens (primary N) is 1. The molecule has 1 atom stereocenters. The molecule has 0 spiro atoms. The molecule has 1 aliphatic heterocycles. The van der Waals surface area contributed by atoms with Crippen LogP contribution >= 0.6 is 0 Å². The molecule has 3 N–H and O–H groups in total. The number of rotatable bonds is 5. The minimum absolute atomic E-state index is 0.129. The van der Waals surface area contributed by atoms with Crippen LogP contribution in [0.15, 0.2) is 23.1 Å². The molecule has 8 nitrogen and oxygen atoms in total. The molecule has 2 aliphatic rings. The zero-order chi connectivity index (χ0) is 17.3. The van der Waals surface area contributed by atoms with Crippen molar-refractivity contribution >= 4 is 21.4 Å². The maximum absolute atomic E-state index is 11.4. The van der Waals surface area contributed by atoms with E-state index in [-0.39, 0.29) is 16.6 Å². The van der Waals surface area contributed by atoms with Crippen molar-refractivity contribution in [2.24, 2.45) is 5.14 Å². The van der Waals surface area contributed by atoms with Gasteiger partial charge in [0, 0.05) is 31.2 Å². The van der Waals surface area contributed by atoms with Crippen LogP contribution in [0.25, 0.3) is 0 Å². The first kappa shape index (κ1) is 17.1. The Morgan fingerprint density at radius 1 is 1.25 bits per heavy atom. The lowest BCUT2D eigenvalue weighted by Gasteiger charge is -2.23. The molecule has 1 unspecified atom stereocenters. The minimum Gasteiger partial charge on any atom is -0.375 e. The molecule has 0 amide bonds. The lowest BCUT2D eigenvalue weighted by Crippen LogP contribution is -2.33. The van der Waals surface area contributed by atoms with Gasteiger partial charge in [0.2, 0.25) is 10.0 Å². The summed E-state index contributed by atoms with van der Waals surface area (Å²) in [6.07, 6.45) is 5.94. The van der Waals surface area contributed by atoms with E-state index in [4.69, 9.17) is 5.14 Å². The average molecular weight is 354 g/mol. The number of sulfonamides is 1. The summed E-state index contributed by atoms with van der Waals surface area (Å²) in [5.41, 5.74) is 0.0755. The molecule has 2 fully saturated rings. The molecule has 1 saturated carbocycles. The van der Waals surface area contributed by atoms with Crippen molar-refractivity contribution in [3.05, 3.63) is 28.3 Å². The Bertz CT molecular complexity index is 731. The zero-order valence-electron chi connectivity index (χ0n) is 13.3. The third-order valence-electron chi connectivity index (χ3n) is 4.91. The van der Waals surface area contributed by atoms with Gasteiger partial charge in [-0.05, 0) is 31.4 Å². The smallest absolute Gasteiger partial charge is 0.293 e. The number of hydrogen-bond donors (Lipinski definition) is 2. The summed E-state index contributed by atoms with van der Waals surface area (Å²) in [6.45, 7) is 1.85. The fourth-order valence-corrected chi connectivity index (χ4v) is 4.22. The van der Waals surface area contributed by atoms with Gasteiger partial charge in [-0.25, -0.2) is 13.6 Å². The number of primary sulfonamides is 1. The van der Waals surface area contributed by atoms with E-state index < -0.39 is 14.9 Å². The van der Waals surface area contributed by atoms with E-state index in [1.165, 1.54) is 37.8 Å². The van der Waals surface area contributed by atoms with Crippen LogP contribution in [0, 0.1) is 10.1 Å². The second kappa shape index (κ2) is 6.66. The highest BCUT2D eigenvalue weighted by Crippen LogP contribution is 2.31. The third kappa shape index (κ3) is 3.68. The number of nitrogens with one attached hydrogen (secondary N) is 1. The van der Waals surface area contributed by atoms with Gasteiger partial charge in [0.05, 0.1) is 9.82 Å². The first-order valence-corrected chi connectivity index (χ1v) is 9.71. The van der Waals surface area contributed by atoms with Crippen LogP contribution < -0.4 is 10.5 Å². The van der Waals surface area contributed by atoms with E-state index in [9.17, 15) is 18.5 Å². The first-order valence-electron chi connectivity index (χ1n) is 8.16. The number of benzene rings is 1. The van der Waals surface area contributed by atoms with Gasteiger partial charge < -0.3 is 5.32 Å². The number of nitro benzene ring substituents is 1. The Balaban J connectivity index is 1.74. The van der Waals surface area contributed by atoms with Gasteiger partial charge in [0.1, 0.15) is 5.69 Å². The van der Waals surface area contributed by atoms with E-state index >= 15 is 0 Å². The van der Waals surface area contributed by atoms with Gasteiger partial charge in [-0.15, -0.1) is 0 Å². The molecule has 1 heterocycles. The Kier molecular flexibility index (Phi) is 4.75. The molecule has 24 heavy (non-hydrogen) atoms. The average Bonchev–Trinajstić information content (AvgIpc) is 3.16. The van der Waals surface area contributed by atoms with E-state index in [0.717, 1.165) is 25.6 Å². The third-order valence-corrected chi connectivity index (χ3v) is 5.83. The molecule has 9 heteroatoms. The van der Waals surface area contributed by atoms with Crippen LogP contribution in [0.1, 0.15) is 32.1 Å². The first-order chi connectivity index (χ1) is 11.3. The predicted molar refractivity (Wildman–Crippen MR) is 90.3 cm³/mol. The number of hydrogen-bond acceptors (Lipinski definition) is 6. The Morgan fingerprint density at radius 2 is 1.96 bits per heavy atom. The monoisotopic (exact) mass is 354 g/mol. The van der Waals surface area contributed by atoms with Crippen molar-refractivity contribution in [2.75, 3.05) is 18.4 Å². The summed E-state index contributed by atoms with van der Waals surface area (Å²) < 4.78 is 22.8. The number of anilines is 1. The topological polar surface area (TPSA) is 119 Å². The molecule has 0 aromatic heterocycles. The van der Waals surface area contributed by atoms with Crippen molar-refractivity contribution in [3.63, 3.8) is 0 Å². The van der Waals surface area contributed by atoms with Gasteiger partial charge in [0.25, 0.3) is 5.69 Å². The van der Waals surface area contributed by atoms with Crippen molar-refractivity contribution in [1.82, 2.24) is 4.90 Å². The summed E-state index contributed by atoms with van der Waals surface area (Å²) in [4.78, 5) is 12.9. The quantitative estimate of drug-likeness (QED) is 0.613. The van der Waals surface area contributed by atoms with Crippen LogP contribution in [-0.2, 0) is 10.0 Å². The molecular weight excluding hydrogens is 332 g/mol. The molecule has 3 rings (SSSR count). The Morgan fingerprint density at radius 3 is 2.58 bits per heavy atom. The fraction of sp³-hybridized carbons (Fsp3) is 0.600. The van der Waals surface area contributed by atoms with Crippen LogP contribution in [-0.4, -0.2) is 43.4 Å². The molecule has 0 radical (unpaired) electrons. The van der Waals surface area contributed by atoms with Crippen LogP contribution in [0.3, 0.4) is 0 Å². The maximum atomic E-state index is 11.4. The standard InChI is InChI=1S/C15H22N4O4S/c16-24(22,23)13-5-6-14(15(9-13)19(20)21)17-11-7-8-18(10-11)12-3-1-2-4-12/h5-6,9,11-12,17H,1-4,7-8,10H2,(H2,16,22,23).